The molecule has 390 valence electrons. The lowest BCUT2D eigenvalue weighted by atomic mass is 9.90. The van der Waals surface area contributed by atoms with Gasteiger partial charge in [-0.25, -0.2) is 8.78 Å². The van der Waals surface area contributed by atoms with Gasteiger partial charge in [0.15, 0.2) is 5.78 Å². The minimum absolute atomic E-state index is 0.0913. The Labute approximate surface area is 410 Å². The number of carboxylic acids is 3. The molecule has 22 nitrogen and oxygen atoms in total. The topological polar surface area (TPSA) is 295 Å². The fourth-order valence-corrected chi connectivity index (χ4v) is 8.28. The number of nitrogens with one attached hydrogen (secondary N) is 3. The lowest BCUT2D eigenvalue weighted by molar-refractivity contribution is -0.140. The number of alkyl halides is 2. The maximum atomic E-state index is 14.2. The van der Waals surface area contributed by atoms with Crippen molar-refractivity contribution in [3.05, 3.63) is 36.0 Å². The van der Waals surface area contributed by atoms with Crippen LogP contribution in [0.2, 0.25) is 0 Å². The van der Waals surface area contributed by atoms with Crippen molar-refractivity contribution in [1.82, 2.24) is 45.4 Å². The van der Waals surface area contributed by atoms with Crippen LogP contribution in [0.15, 0.2) is 30.5 Å². The number of rotatable bonds is 25. The summed E-state index contributed by atoms with van der Waals surface area (Å²) in [7, 11) is 0. The summed E-state index contributed by atoms with van der Waals surface area (Å²) >= 11 is 0. The number of carbonyl (C=O) groups is 8. The van der Waals surface area contributed by atoms with Crippen molar-refractivity contribution < 1.29 is 67.2 Å². The third-order valence-corrected chi connectivity index (χ3v) is 12.6. The van der Waals surface area contributed by atoms with Crippen LogP contribution in [0.25, 0.3) is 10.9 Å². The monoisotopic (exact) mass is 1000 g/mol. The van der Waals surface area contributed by atoms with E-state index in [0.717, 1.165) is 4.90 Å². The number of fused-ring (bicyclic) bond motifs is 1. The Hall–Kier alpha value is -6.26. The van der Waals surface area contributed by atoms with Crippen LogP contribution in [0.3, 0.4) is 0 Å². The first-order valence-corrected chi connectivity index (χ1v) is 23.7. The molecular formula is C47H66F2N10O12. The molecule has 3 atom stereocenters. The summed E-state index contributed by atoms with van der Waals surface area (Å²) in [5.74, 6) is -8.46. The second-order valence-electron chi connectivity index (χ2n) is 18.0. The lowest BCUT2D eigenvalue weighted by Crippen LogP contribution is -2.59. The summed E-state index contributed by atoms with van der Waals surface area (Å²) in [6.45, 7) is 4.79. The van der Waals surface area contributed by atoms with Crippen molar-refractivity contribution in [3.8, 4) is 11.8 Å². The molecule has 1 aromatic heterocycles. The summed E-state index contributed by atoms with van der Waals surface area (Å²) in [5.41, 5.74) is -0.651. The molecule has 2 aliphatic rings. The highest BCUT2D eigenvalue weighted by molar-refractivity contribution is 6.07. The van der Waals surface area contributed by atoms with E-state index in [1.54, 1.807) is 59.7 Å². The summed E-state index contributed by atoms with van der Waals surface area (Å²) < 4.78 is 33.6. The van der Waals surface area contributed by atoms with E-state index in [1.165, 1.54) is 12.3 Å². The van der Waals surface area contributed by atoms with Crippen LogP contribution in [0.4, 0.5) is 8.78 Å². The van der Waals surface area contributed by atoms with Crippen LogP contribution < -0.4 is 20.7 Å². The number of carboxylic acid groups (broad SMARTS) is 3. The molecule has 0 radical (unpaired) electrons. The number of likely N-dealkylation sites (tertiary alicyclic amines) is 1. The van der Waals surface area contributed by atoms with Gasteiger partial charge in [-0.2, -0.15) is 5.26 Å². The molecule has 0 spiro atoms. The number of Topliss-reactive ketones (excluding diaryl/α,β-unsaturated/α-hetero) is 2. The Balaban J connectivity index is 1.30. The number of halogens is 2. The quantitative estimate of drug-likeness (QED) is 0.0740. The highest BCUT2D eigenvalue weighted by Crippen LogP contribution is 2.31. The van der Waals surface area contributed by atoms with Gasteiger partial charge in [-0.3, -0.25) is 68.3 Å². The van der Waals surface area contributed by atoms with Crippen molar-refractivity contribution in [1.29, 1.82) is 5.26 Å². The zero-order valence-corrected chi connectivity index (χ0v) is 40.5. The number of ketones is 2. The molecule has 1 aromatic carbocycles. The molecule has 3 amide bonds. The largest absolute Gasteiger partial charge is 0.494 e. The first-order chi connectivity index (χ1) is 33.6. The Kier molecular flexibility index (Phi) is 22.1. The van der Waals surface area contributed by atoms with Crippen LogP contribution >= 0.6 is 0 Å². The smallest absolute Gasteiger partial charge is 0.317 e. The second-order valence-corrected chi connectivity index (χ2v) is 18.0. The number of hydrogen-bond donors (Lipinski definition) is 6. The summed E-state index contributed by atoms with van der Waals surface area (Å²) in [6, 6.07) is 5.76. The molecule has 2 saturated heterocycles. The van der Waals surface area contributed by atoms with Gasteiger partial charge in [0.2, 0.25) is 11.8 Å². The standard InChI is InChI=1S/C47H66F2N10O12/c1-4-38(60)37(54-46(3,5-2)39(61)27-55-13-15-56(28-42(64)65)17-19-58(30-44(68)69)20-18-57(16-14-55)29-43(66)67)23-40(62)52-11-6-7-21-71-33-8-9-36-35(22-33)34(10-12-51-36)45(70)53-26-41(63)59-31-47(48,49)24-32(59)25-50/h8-10,12,22,32,37,54H,4-7,11,13-21,23-24,26-31H2,1-3H3,(H,52,62)(H,53,70)(H,64,65)(H,66,67)(H,68,69)/t32-,37?,46?/m0/s1. The van der Waals surface area contributed by atoms with Gasteiger partial charge in [0.25, 0.3) is 11.8 Å². The van der Waals surface area contributed by atoms with Gasteiger partial charge in [-0.15, -0.1) is 0 Å². The average Bonchev–Trinajstić information content (AvgIpc) is 3.65. The number of ether oxygens (including phenoxy) is 1. The normalized spacial score (nSPS) is 18.8. The highest BCUT2D eigenvalue weighted by atomic mass is 19.3. The van der Waals surface area contributed by atoms with Crippen LogP contribution in [0.5, 0.6) is 5.75 Å². The van der Waals surface area contributed by atoms with E-state index in [0.29, 0.717) is 29.5 Å². The van der Waals surface area contributed by atoms with E-state index in [4.69, 9.17) is 4.74 Å². The predicted molar refractivity (Wildman–Crippen MR) is 252 cm³/mol. The third-order valence-electron chi connectivity index (χ3n) is 12.6. The minimum atomic E-state index is -3.19. The molecule has 3 heterocycles. The summed E-state index contributed by atoms with van der Waals surface area (Å²) in [6.07, 6.45) is 1.73. The summed E-state index contributed by atoms with van der Waals surface area (Å²) in [4.78, 5) is 113. The van der Waals surface area contributed by atoms with Crippen molar-refractivity contribution in [2.45, 2.75) is 82.8 Å². The molecule has 2 fully saturated rings. The zero-order chi connectivity index (χ0) is 52.3. The maximum absolute atomic E-state index is 14.2. The predicted octanol–water partition coefficient (Wildman–Crippen LogP) is 0.540. The first kappa shape index (κ1) is 57.3. The molecule has 0 bridgehead atoms. The fourth-order valence-electron chi connectivity index (χ4n) is 8.28. The third kappa shape index (κ3) is 18.5. The van der Waals surface area contributed by atoms with Crippen LogP contribution in [0.1, 0.15) is 69.7 Å². The van der Waals surface area contributed by atoms with Gasteiger partial charge in [0.1, 0.15) is 17.6 Å². The number of unbranched alkanes of at least 4 members (excludes halogenated alkanes) is 1. The Morgan fingerprint density at radius 3 is 1.93 bits per heavy atom. The SMILES string of the molecule is CCC(=O)C(CC(=O)NCCCCOc1ccc2nccc(C(=O)NCC(=O)N3CC(F)(F)C[C@H]3C#N)c2c1)NC(C)(CC)C(=O)CN1CCN(CC(=O)O)CCN(CC(=O)O)CCN(CC(=O)O)CC1. The number of hydrogen-bond acceptors (Lipinski definition) is 16. The lowest BCUT2D eigenvalue weighted by Gasteiger charge is -2.36. The van der Waals surface area contributed by atoms with E-state index in [9.17, 15) is 67.7 Å². The minimum Gasteiger partial charge on any atom is -0.494 e. The maximum Gasteiger partial charge on any atom is 0.317 e. The van der Waals surface area contributed by atoms with Gasteiger partial charge < -0.3 is 35.6 Å². The van der Waals surface area contributed by atoms with E-state index in [1.807, 2.05) is 4.90 Å². The number of aliphatic carboxylic acids is 3. The highest BCUT2D eigenvalue weighted by Gasteiger charge is 2.47. The van der Waals surface area contributed by atoms with Crippen molar-refractivity contribution in [3.63, 3.8) is 0 Å². The number of nitriles is 1. The molecular weight excluding hydrogens is 935 g/mol. The second kappa shape index (κ2) is 27.4. The van der Waals surface area contributed by atoms with Crippen LogP contribution in [0, 0.1) is 11.3 Å². The molecule has 0 aliphatic carbocycles. The number of aromatic nitrogens is 1. The summed E-state index contributed by atoms with van der Waals surface area (Å²) in [5, 5.41) is 46.7. The Bertz CT molecular complexity index is 2230. The fraction of sp³-hybridized carbons (Fsp3) is 0.617. The van der Waals surface area contributed by atoms with E-state index in [2.05, 4.69) is 20.9 Å². The van der Waals surface area contributed by atoms with Gasteiger partial charge in [-0.1, -0.05) is 13.8 Å². The number of amides is 3. The van der Waals surface area contributed by atoms with Gasteiger partial charge in [-0.05, 0) is 50.5 Å². The van der Waals surface area contributed by atoms with E-state index >= 15 is 0 Å². The van der Waals surface area contributed by atoms with Crippen LogP contribution in [-0.2, 0) is 33.6 Å². The average molecular weight is 1000 g/mol. The molecule has 2 unspecified atom stereocenters. The van der Waals surface area contributed by atoms with E-state index in [-0.39, 0.29) is 128 Å². The van der Waals surface area contributed by atoms with Gasteiger partial charge in [0.05, 0.1) is 74.6 Å². The molecule has 24 heteroatoms. The molecule has 6 N–H and O–H groups in total. The van der Waals surface area contributed by atoms with Gasteiger partial charge >= 0.3 is 17.9 Å². The van der Waals surface area contributed by atoms with Crippen LogP contribution in [-0.4, -0.2) is 220 Å². The Morgan fingerprint density at radius 2 is 1.41 bits per heavy atom. The molecule has 2 aliphatic heterocycles. The molecule has 71 heavy (non-hydrogen) atoms. The first-order valence-electron chi connectivity index (χ1n) is 23.7. The van der Waals surface area contributed by atoms with Crippen molar-refractivity contribution >= 4 is 58.1 Å². The zero-order valence-electron chi connectivity index (χ0n) is 40.5. The number of nitrogens with zero attached hydrogens (tertiary/aromatic N) is 7. The molecule has 2 aromatic rings. The molecule has 4 rings (SSSR count). The van der Waals surface area contributed by atoms with Gasteiger partial charge in [0, 0.05) is 89.7 Å². The number of benzene rings is 1. The van der Waals surface area contributed by atoms with E-state index < -0.39 is 78.7 Å². The number of carbonyl (C=O) groups excluding carboxylic acids is 5. The van der Waals surface area contributed by atoms with Crippen molar-refractivity contribution in [2.24, 2.45) is 0 Å². The number of pyridine rings is 1. The molecule has 0 saturated carbocycles. The Morgan fingerprint density at radius 1 is 0.845 bits per heavy atom. The van der Waals surface area contributed by atoms with Crippen molar-refractivity contribution in [2.75, 3.05) is 105 Å².